The van der Waals surface area contributed by atoms with Crippen LogP contribution >= 0.6 is 0 Å². The molecule has 1 amide bonds. The van der Waals surface area contributed by atoms with Gasteiger partial charge in [0.05, 0.1) is 6.04 Å². The minimum atomic E-state index is -0.364. The van der Waals surface area contributed by atoms with Gasteiger partial charge in [-0.25, -0.2) is 0 Å². The molecule has 0 aromatic rings. The molecule has 1 unspecified atom stereocenters. The van der Waals surface area contributed by atoms with E-state index in [0.29, 0.717) is 11.8 Å². The normalized spacial score (nSPS) is 15.2. The molecule has 0 heterocycles. The first-order valence-electron chi connectivity index (χ1n) is 6.48. The van der Waals surface area contributed by atoms with Crippen molar-refractivity contribution in [1.82, 2.24) is 5.32 Å². The average molecular weight is 228 g/mol. The highest BCUT2D eigenvalue weighted by Crippen LogP contribution is 2.13. The van der Waals surface area contributed by atoms with Gasteiger partial charge in [0, 0.05) is 6.04 Å². The third-order valence-corrected chi connectivity index (χ3v) is 3.19. The molecule has 0 aliphatic carbocycles. The summed E-state index contributed by atoms with van der Waals surface area (Å²) in [7, 11) is 0. The van der Waals surface area contributed by atoms with E-state index in [1.54, 1.807) is 0 Å². The van der Waals surface area contributed by atoms with Crippen LogP contribution in [0.3, 0.4) is 0 Å². The molecule has 3 nitrogen and oxygen atoms in total. The molecule has 0 aromatic heterocycles. The van der Waals surface area contributed by atoms with Crippen LogP contribution in [0.15, 0.2) is 0 Å². The van der Waals surface area contributed by atoms with E-state index in [0.717, 1.165) is 19.3 Å². The van der Waals surface area contributed by atoms with Crippen LogP contribution in [-0.4, -0.2) is 18.0 Å². The van der Waals surface area contributed by atoms with Crippen molar-refractivity contribution >= 4 is 5.91 Å². The third-order valence-electron chi connectivity index (χ3n) is 3.19. The summed E-state index contributed by atoms with van der Waals surface area (Å²) in [5.74, 6) is 1.01. The molecule has 3 heteroatoms. The minimum absolute atomic E-state index is 0.00639. The standard InChI is InChI=1S/C13H28N2O/c1-6-11(7-2)10(5)15-13(16)12(14)8-9(3)4/h9-12H,6-8,14H2,1-5H3,(H,15,16)/t10?,12-/m1/s1. The lowest BCUT2D eigenvalue weighted by Crippen LogP contribution is -2.47. The number of hydrogen-bond acceptors (Lipinski definition) is 2. The van der Waals surface area contributed by atoms with Crippen molar-refractivity contribution in [2.24, 2.45) is 17.6 Å². The van der Waals surface area contributed by atoms with E-state index < -0.39 is 0 Å². The van der Waals surface area contributed by atoms with Crippen molar-refractivity contribution in [2.75, 3.05) is 0 Å². The Morgan fingerprint density at radius 1 is 1.19 bits per heavy atom. The Bertz CT molecular complexity index is 200. The number of amides is 1. The number of hydrogen-bond donors (Lipinski definition) is 2. The van der Waals surface area contributed by atoms with Crippen molar-refractivity contribution in [3.8, 4) is 0 Å². The van der Waals surface area contributed by atoms with Crippen molar-refractivity contribution in [2.45, 2.75) is 66.0 Å². The van der Waals surface area contributed by atoms with Crippen LogP contribution in [0.2, 0.25) is 0 Å². The SMILES string of the molecule is CCC(CC)C(C)NC(=O)[C@H](N)CC(C)C. The third kappa shape index (κ3) is 5.50. The van der Waals surface area contributed by atoms with Gasteiger partial charge in [0.25, 0.3) is 0 Å². The van der Waals surface area contributed by atoms with Crippen LogP contribution in [0.4, 0.5) is 0 Å². The molecule has 0 aliphatic heterocycles. The first-order valence-corrected chi connectivity index (χ1v) is 6.48. The fraction of sp³-hybridized carbons (Fsp3) is 0.923. The molecule has 0 aromatic carbocycles. The smallest absolute Gasteiger partial charge is 0.237 e. The van der Waals surface area contributed by atoms with Crippen molar-refractivity contribution in [3.05, 3.63) is 0 Å². The van der Waals surface area contributed by atoms with Crippen LogP contribution in [0.25, 0.3) is 0 Å². The Morgan fingerprint density at radius 3 is 2.06 bits per heavy atom. The zero-order chi connectivity index (χ0) is 12.7. The quantitative estimate of drug-likeness (QED) is 0.702. The lowest BCUT2D eigenvalue weighted by atomic mass is 9.95. The topological polar surface area (TPSA) is 55.1 Å². The fourth-order valence-corrected chi connectivity index (χ4v) is 2.06. The van der Waals surface area contributed by atoms with E-state index in [2.05, 4.69) is 39.9 Å². The van der Waals surface area contributed by atoms with E-state index in [9.17, 15) is 4.79 Å². The van der Waals surface area contributed by atoms with Gasteiger partial charge in [-0.1, -0.05) is 40.5 Å². The maximum Gasteiger partial charge on any atom is 0.237 e. The van der Waals surface area contributed by atoms with Gasteiger partial charge >= 0.3 is 0 Å². The van der Waals surface area contributed by atoms with E-state index >= 15 is 0 Å². The van der Waals surface area contributed by atoms with Crippen molar-refractivity contribution in [3.63, 3.8) is 0 Å². The number of nitrogens with two attached hydrogens (primary N) is 1. The highest BCUT2D eigenvalue weighted by molar-refractivity contribution is 5.81. The number of carbonyl (C=O) groups excluding carboxylic acids is 1. The molecule has 0 bridgehead atoms. The van der Waals surface area contributed by atoms with Crippen LogP contribution < -0.4 is 11.1 Å². The Balaban J connectivity index is 4.12. The molecular weight excluding hydrogens is 200 g/mol. The lowest BCUT2D eigenvalue weighted by Gasteiger charge is -2.24. The predicted octanol–water partition coefficient (Wildman–Crippen LogP) is 2.30. The molecule has 0 fully saturated rings. The van der Waals surface area contributed by atoms with Crippen molar-refractivity contribution in [1.29, 1.82) is 0 Å². The van der Waals surface area contributed by atoms with Gasteiger partial charge in [-0.05, 0) is 25.2 Å². The van der Waals surface area contributed by atoms with Gasteiger partial charge in [-0.2, -0.15) is 0 Å². The van der Waals surface area contributed by atoms with Gasteiger partial charge < -0.3 is 11.1 Å². The second-order valence-corrected chi connectivity index (χ2v) is 5.11. The van der Waals surface area contributed by atoms with Gasteiger partial charge in [0.15, 0.2) is 0 Å². The fourth-order valence-electron chi connectivity index (χ4n) is 2.06. The second kappa shape index (κ2) is 7.66. The Labute approximate surface area is 100 Å². The summed E-state index contributed by atoms with van der Waals surface area (Å²) in [6.45, 7) is 10.5. The molecule has 96 valence electrons. The monoisotopic (exact) mass is 228 g/mol. The zero-order valence-corrected chi connectivity index (χ0v) is 11.4. The summed E-state index contributed by atoms with van der Waals surface area (Å²) >= 11 is 0. The molecule has 2 atom stereocenters. The first-order chi connectivity index (χ1) is 7.42. The lowest BCUT2D eigenvalue weighted by molar-refractivity contribution is -0.123. The minimum Gasteiger partial charge on any atom is -0.352 e. The van der Waals surface area contributed by atoms with E-state index in [1.807, 2.05) is 0 Å². The summed E-state index contributed by atoms with van der Waals surface area (Å²) in [6, 6.07) is -0.141. The highest BCUT2D eigenvalue weighted by Gasteiger charge is 2.20. The molecule has 0 radical (unpaired) electrons. The number of carbonyl (C=O) groups is 1. The molecular formula is C13H28N2O. The van der Waals surface area contributed by atoms with Crippen LogP contribution in [-0.2, 0) is 4.79 Å². The van der Waals surface area contributed by atoms with Gasteiger partial charge in [-0.3, -0.25) is 4.79 Å². The van der Waals surface area contributed by atoms with E-state index in [4.69, 9.17) is 5.73 Å². The molecule has 16 heavy (non-hydrogen) atoms. The van der Waals surface area contributed by atoms with Crippen molar-refractivity contribution < 1.29 is 4.79 Å². The van der Waals surface area contributed by atoms with Gasteiger partial charge in [0.2, 0.25) is 5.91 Å². The molecule has 0 spiro atoms. The predicted molar refractivity (Wildman–Crippen MR) is 69.1 cm³/mol. The molecule has 0 saturated carbocycles. The first kappa shape index (κ1) is 15.4. The number of nitrogens with one attached hydrogen (secondary N) is 1. The van der Waals surface area contributed by atoms with Crippen LogP contribution in [0.5, 0.6) is 0 Å². The summed E-state index contributed by atoms with van der Waals surface area (Å²) in [5, 5.41) is 3.02. The summed E-state index contributed by atoms with van der Waals surface area (Å²) in [5.41, 5.74) is 5.84. The Hall–Kier alpha value is -0.570. The maximum absolute atomic E-state index is 11.8. The molecule has 3 N–H and O–H groups in total. The maximum atomic E-state index is 11.8. The summed E-state index contributed by atoms with van der Waals surface area (Å²) in [6.07, 6.45) is 2.94. The Morgan fingerprint density at radius 2 is 1.69 bits per heavy atom. The van der Waals surface area contributed by atoms with Crippen LogP contribution in [0.1, 0.15) is 53.9 Å². The summed E-state index contributed by atoms with van der Waals surface area (Å²) in [4.78, 5) is 11.8. The average Bonchev–Trinajstić information content (AvgIpc) is 2.18. The zero-order valence-electron chi connectivity index (χ0n) is 11.4. The highest BCUT2D eigenvalue weighted by atomic mass is 16.2. The number of rotatable bonds is 7. The van der Waals surface area contributed by atoms with E-state index in [1.165, 1.54) is 0 Å². The Kier molecular flexibility index (Phi) is 7.39. The molecule has 0 rings (SSSR count). The van der Waals surface area contributed by atoms with Gasteiger partial charge in [-0.15, -0.1) is 0 Å². The summed E-state index contributed by atoms with van der Waals surface area (Å²) < 4.78 is 0. The van der Waals surface area contributed by atoms with Gasteiger partial charge in [0.1, 0.15) is 0 Å². The van der Waals surface area contributed by atoms with Crippen LogP contribution in [0, 0.1) is 11.8 Å². The molecule has 0 saturated heterocycles. The van der Waals surface area contributed by atoms with E-state index in [-0.39, 0.29) is 18.0 Å². The molecule has 0 aliphatic rings. The second-order valence-electron chi connectivity index (χ2n) is 5.11. The largest absolute Gasteiger partial charge is 0.352 e.